The average Bonchev–Trinajstić information content (AvgIpc) is 2.71. The fourth-order valence-electron chi connectivity index (χ4n) is 3.13. The van der Waals surface area contributed by atoms with E-state index in [0.29, 0.717) is 0 Å². The van der Waals surface area contributed by atoms with E-state index in [0.717, 1.165) is 35.7 Å². The molecule has 5 nitrogen and oxygen atoms in total. The van der Waals surface area contributed by atoms with Crippen LogP contribution in [-0.2, 0) is 0 Å². The fraction of sp³-hybridized carbons (Fsp3) is 0.476. The van der Waals surface area contributed by atoms with Crippen LogP contribution in [0.5, 0.6) is 0 Å². The van der Waals surface area contributed by atoms with Gasteiger partial charge in [-0.15, -0.1) is 0 Å². The fourth-order valence-corrected chi connectivity index (χ4v) is 3.13. The van der Waals surface area contributed by atoms with Gasteiger partial charge in [-0.1, -0.05) is 50.1 Å². The maximum absolute atomic E-state index is 7.79. The summed E-state index contributed by atoms with van der Waals surface area (Å²) in [5.41, 5.74) is 3.78. The number of likely N-dealkylation sites (tertiary alicyclic amines) is 1. The summed E-state index contributed by atoms with van der Waals surface area (Å²) in [6.07, 6.45) is 6.88. The molecule has 0 amide bonds. The third kappa shape index (κ3) is 5.36. The molecule has 140 valence electrons. The van der Waals surface area contributed by atoms with Crippen LogP contribution in [0.2, 0.25) is 0 Å². The molecule has 2 heterocycles. The summed E-state index contributed by atoms with van der Waals surface area (Å²) >= 11 is 0. The smallest absolute Gasteiger partial charge is 0.138 e. The van der Waals surface area contributed by atoms with Crippen molar-refractivity contribution in [1.82, 2.24) is 14.9 Å². The van der Waals surface area contributed by atoms with Crippen LogP contribution in [0, 0.1) is 12.3 Å². The zero-order chi connectivity index (χ0) is 18.8. The van der Waals surface area contributed by atoms with Crippen molar-refractivity contribution in [2.24, 2.45) is 0 Å². The Morgan fingerprint density at radius 2 is 1.77 bits per heavy atom. The minimum Gasteiger partial charge on any atom is -0.368 e. The Kier molecular flexibility index (Phi) is 8.22. The largest absolute Gasteiger partial charge is 0.368 e. The Balaban J connectivity index is 0.00000117. The van der Waals surface area contributed by atoms with E-state index in [1.54, 1.807) is 6.33 Å². The summed E-state index contributed by atoms with van der Waals surface area (Å²) in [4.78, 5) is 11.2. The van der Waals surface area contributed by atoms with Gasteiger partial charge < -0.3 is 15.6 Å². The van der Waals surface area contributed by atoms with E-state index in [-0.39, 0.29) is 0 Å². The predicted octanol–water partition coefficient (Wildman–Crippen LogP) is 4.37. The minimum atomic E-state index is 0.743. The lowest BCUT2D eigenvalue weighted by Crippen LogP contribution is -2.33. The van der Waals surface area contributed by atoms with Gasteiger partial charge in [0.2, 0.25) is 0 Å². The highest BCUT2D eigenvalue weighted by atomic mass is 15.1. The summed E-state index contributed by atoms with van der Waals surface area (Å²) in [6, 6.07) is 8.22. The van der Waals surface area contributed by atoms with Gasteiger partial charge in [-0.05, 0) is 32.9 Å². The summed E-state index contributed by atoms with van der Waals surface area (Å²) < 4.78 is 0. The molecule has 1 aliphatic heterocycles. The first-order valence-corrected chi connectivity index (χ1v) is 9.66. The summed E-state index contributed by atoms with van der Waals surface area (Å²) in [7, 11) is 0. The van der Waals surface area contributed by atoms with Crippen molar-refractivity contribution >= 4 is 12.0 Å². The molecule has 0 radical (unpaired) electrons. The monoisotopic (exact) mass is 353 g/mol. The lowest BCUT2D eigenvalue weighted by Gasteiger charge is -2.26. The van der Waals surface area contributed by atoms with Crippen LogP contribution in [0.15, 0.2) is 30.6 Å². The van der Waals surface area contributed by atoms with E-state index in [1.807, 2.05) is 26.0 Å². The van der Waals surface area contributed by atoms with E-state index < -0.39 is 0 Å². The summed E-state index contributed by atoms with van der Waals surface area (Å²) in [6.45, 7) is 10.3. The van der Waals surface area contributed by atoms with Gasteiger partial charge in [0, 0.05) is 24.9 Å². The van der Waals surface area contributed by atoms with Gasteiger partial charge in [0.1, 0.15) is 12.1 Å². The topological polar surface area (TPSA) is 64.9 Å². The summed E-state index contributed by atoms with van der Waals surface area (Å²) in [5, 5.41) is 11.2. The molecule has 5 heteroatoms. The Labute approximate surface area is 157 Å². The van der Waals surface area contributed by atoms with Gasteiger partial charge in [0.05, 0.1) is 11.3 Å². The Morgan fingerprint density at radius 3 is 2.42 bits per heavy atom. The van der Waals surface area contributed by atoms with Crippen LogP contribution in [0.3, 0.4) is 0 Å². The molecular formula is C21H31N5. The van der Waals surface area contributed by atoms with Crippen molar-refractivity contribution in [1.29, 1.82) is 5.41 Å². The van der Waals surface area contributed by atoms with E-state index in [1.165, 1.54) is 44.1 Å². The molecular weight excluding hydrogens is 322 g/mol. The lowest BCUT2D eigenvalue weighted by molar-refractivity contribution is 0.237. The van der Waals surface area contributed by atoms with Crippen molar-refractivity contribution in [3.63, 3.8) is 0 Å². The third-order valence-electron chi connectivity index (χ3n) is 4.52. The standard InChI is InChI=1S/C19H25N5.C2H6/c1-15-5-7-16(8-6-15)18-17(13-20)19(23-14-22-18)21-9-12-24-10-3-2-4-11-24;1-2/h5-8,13-14,20H,2-4,9-12H2,1H3,(H,21,22,23);1-2H3. The molecule has 2 aromatic rings. The van der Waals surface area contributed by atoms with Crippen molar-refractivity contribution in [2.45, 2.75) is 40.0 Å². The zero-order valence-corrected chi connectivity index (χ0v) is 16.3. The van der Waals surface area contributed by atoms with Gasteiger partial charge in [0.25, 0.3) is 0 Å². The lowest BCUT2D eigenvalue weighted by atomic mass is 10.1. The van der Waals surface area contributed by atoms with E-state index in [9.17, 15) is 0 Å². The molecule has 1 fully saturated rings. The minimum absolute atomic E-state index is 0.743. The number of hydrogen-bond acceptors (Lipinski definition) is 5. The molecule has 0 bridgehead atoms. The van der Waals surface area contributed by atoms with Gasteiger partial charge in [-0.2, -0.15) is 0 Å². The Morgan fingerprint density at radius 1 is 1.08 bits per heavy atom. The zero-order valence-electron chi connectivity index (χ0n) is 16.3. The predicted molar refractivity (Wildman–Crippen MR) is 110 cm³/mol. The van der Waals surface area contributed by atoms with Crippen LogP contribution in [-0.4, -0.2) is 47.3 Å². The molecule has 0 aliphatic carbocycles. The van der Waals surface area contributed by atoms with Crippen molar-refractivity contribution in [2.75, 3.05) is 31.5 Å². The van der Waals surface area contributed by atoms with Crippen LogP contribution in [0.25, 0.3) is 11.3 Å². The number of rotatable bonds is 6. The van der Waals surface area contributed by atoms with Gasteiger partial charge in [-0.3, -0.25) is 0 Å². The van der Waals surface area contributed by atoms with E-state index in [2.05, 4.69) is 39.2 Å². The molecule has 1 aliphatic rings. The normalized spacial score (nSPS) is 14.3. The maximum atomic E-state index is 7.79. The maximum Gasteiger partial charge on any atom is 0.138 e. The first kappa shape index (κ1) is 20.0. The number of nitrogens with one attached hydrogen (secondary N) is 2. The van der Waals surface area contributed by atoms with Crippen LogP contribution in [0.1, 0.15) is 44.2 Å². The van der Waals surface area contributed by atoms with Gasteiger partial charge >= 0.3 is 0 Å². The molecule has 26 heavy (non-hydrogen) atoms. The van der Waals surface area contributed by atoms with Crippen molar-refractivity contribution < 1.29 is 0 Å². The van der Waals surface area contributed by atoms with Crippen LogP contribution < -0.4 is 5.32 Å². The second-order valence-electron chi connectivity index (χ2n) is 6.32. The Bertz CT molecular complexity index is 675. The third-order valence-corrected chi connectivity index (χ3v) is 4.52. The number of hydrogen-bond donors (Lipinski definition) is 2. The van der Waals surface area contributed by atoms with Crippen LogP contribution in [0.4, 0.5) is 5.82 Å². The molecule has 0 unspecified atom stereocenters. The molecule has 3 rings (SSSR count). The number of anilines is 1. The van der Waals surface area contributed by atoms with Gasteiger partial charge in [0.15, 0.2) is 0 Å². The number of aromatic nitrogens is 2. The number of aryl methyl sites for hydroxylation is 1. The SMILES string of the molecule is CC.Cc1ccc(-c2ncnc(NCCN3CCCCC3)c2C=N)cc1. The van der Waals surface area contributed by atoms with Crippen molar-refractivity contribution in [3.05, 3.63) is 41.7 Å². The first-order chi connectivity index (χ1) is 12.8. The molecule has 0 atom stereocenters. The van der Waals surface area contributed by atoms with Crippen LogP contribution >= 0.6 is 0 Å². The highest BCUT2D eigenvalue weighted by Gasteiger charge is 2.13. The Hall–Kier alpha value is -2.27. The molecule has 1 aromatic heterocycles. The highest BCUT2D eigenvalue weighted by molar-refractivity contribution is 5.92. The quantitative estimate of drug-likeness (QED) is 0.757. The number of piperidine rings is 1. The molecule has 1 saturated heterocycles. The molecule has 0 spiro atoms. The highest BCUT2D eigenvalue weighted by Crippen LogP contribution is 2.24. The second-order valence-corrected chi connectivity index (χ2v) is 6.32. The summed E-state index contributed by atoms with van der Waals surface area (Å²) in [5.74, 6) is 0.743. The molecule has 1 aromatic carbocycles. The van der Waals surface area contributed by atoms with E-state index in [4.69, 9.17) is 5.41 Å². The van der Waals surface area contributed by atoms with Crippen molar-refractivity contribution in [3.8, 4) is 11.3 Å². The van der Waals surface area contributed by atoms with E-state index >= 15 is 0 Å². The van der Waals surface area contributed by atoms with Gasteiger partial charge in [-0.25, -0.2) is 9.97 Å². The second kappa shape index (κ2) is 10.7. The first-order valence-electron chi connectivity index (χ1n) is 9.66. The number of nitrogens with zero attached hydrogens (tertiary/aromatic N) is 3. The number of benzene rings is 1. The molecule has 2 N–H and O–H groups in total. The average molecular weight is 354 g/mol. The molecule has 0 saturated carbocycles.